The minimum absolute atomic E-state index is 0.0751. The van der Waals surface area contributed by atoms with Crippen molar-refractivity contribution in [1.29, 1.82) is 0 Å². The molecule has 5 atom stereocenters. The number of anilines is 2. The summed E-state index contributed by atoms with van der Waals surface area (Å²) in [5, 5.41) is 17.5. The molecule has 0 spiro atoms. The molecule has 156 valence electrons. The summed E-state index contributed by atoms with van der Waals surface area (Å²) in [6.07, 6.45) is 7.11. The van der Waals surface area contributed by atoms with E-state index in [-0.39, 0.29) is 58.5 Å². The average Bonchev–Trinajstić information content (AvgIpc) is 3.36. The molecule has 1 aromatic rings. The van der Waals surface area contributed by atoms with Gasteiger partial charge in [-0.05, 0) is 49.7 Å². The number of nitrogens with one attached hydrogen (secondary N) is 2. The molecule has 2 aliphatic heterocycles. The molecular weight excluding hydrogens is 388 g/mol. The third-order valence-corrected chi connectivity index (χ3v) is 6.77. The number of benzene rings is 1. The molecule has 0 radical (unpaired) electrons. The number of nitro groups is 1. The monoisotopic (exact) mass is 410 g/mol. The van der Waals surface area contributed by atoms with Crippen molar-refractivity contribution >= 4 is 34.8 Å². The van der Waals surface area contributed by atoms with Crippen LogP contribution in [0.15, 0.2) is 30.4 Å². The van der Waals surface area contributed by atoms with Crippen molar-refractivity contribution in [3.8, 4) is 0 Å². The van der Waals surface area contributed by atoms with Gasteiger partial charge in [-0.2, -0.15) is 0 Å². The quantitative estimate of drug-likeness (QED) is 0.339. The lowest BCUT2D eigenvalue weighted by atomic mass is 9.85. The van der Waals surface area contributed by atoms with Gasteiger partial charge in [0.15, 0.2) is 0 Å². The van der Waals surface area contributed by atoms with Crippen LogP contribution in [0.3, 0.4) is 0 Å². The summed E-state index contributed by atoms with van der Waals surface area (Å²) < 4.78 is 0. The fourth-order valence-corrected chi connectivity index (χ4v) is 5.35. The van der Waals surface area contributed by atoms with Crippen LogP contribution in [-0.4, -0.2) is 35.2 Å². The first kappa shape index (κ1) is 18.8. The molecule has 2 heterocycles. The number of nitrogens with zero attached hydrogens (tertiary/aromatic N) is 2. The highest BCUT2D eigenvalue weighted by Gasteiger charge is 2.59. The number of carbonyl (C=O) groups excluding carboxylic acids is 3. The van der Waals surface area contributed by atoms with E-state index in [0.29, 0.717) is 13.0 Å². The second kappa shape index (κ2) is 6.93. The van der Waals surface area contributed by atoms with Gasteiger partial charge in [0.25, 0.3) is 5.69 Å². The van der Waals surface area contributed by atoms with E-state index in [0.717, 1.165) is 24.2 Å². The molecule has 2 saturated heterocycles. The molecule has 3 fully saturated rings. The van der Waals surface area contributed by atoms with E-state index in [4.69, 9.17) is 0 Å². The Labute approximate surface area is 172 Å². The first-order chi connectivity index (χ1) is 14.5. The molecule has 1 saturated carbocycles. The summed E-state index contributed by atoms with van der Waals surface area (Å²) in [6.45, 7) is 0.594. The minimum atomic E-state index is -0.562. The topological polar surface area (TPSA) is 122 Å². The van der Waals surface area contributed by atoms with Crippen LogP contribution < -0.4 is 15.5 Å². The van der Waals surface area contributed by atoms with Crippen LogP contribution in [0.5, 0.6) is 0 Å². The number of hydrogen-bond acceptors (Lipinski definition) is 6. The van der Waals surface area contributed by atoms with E-state index in [1.165, 1.54) is 18.2 Å². The van der Waals surface area contributed by atoms with Gasteiger partial charge in [0, 0.05) is 12.6 Å². The molecule has 9 nitrogen and oxygen atoms in total. The fraction of sp³-hybridized carbons (Fsp3) is 0.476. The molecule has 9 heteroatoms. The van der Waals surface area contributed by atoms with E-state index in [1.54, 1.807) is 0 Å². The normalized spacial score (nSPS) is 32.2. The standard InChI is InChI=1S/C21H22N4O5/c26-19-15(3-1-2-8-22-19)23-14-7-6-13(10-16(14)25(29)30)24-20(27)17-11-4-5-12(9-11)18(17)21(24)28/h4-7,10-12,15,17-18,23H,1-3,8-9H2,(H,22,26)/t11-,12+,15-,17-,18+/m1/s1. The second-order valence-corrected chi connectivity index (χ2v) is 8.45. The van der Waals surface area contributed by atoms with Gasteiger partial charge in [-0.15, -0.1) is 0 Å². The number of hydrogen-bond donors (Lipinski definition) is 2. The summed E-state index contributed by atoms with van der Waals surface area (Å²) in [6, 6.07) is 3.71. The largest absolute Gasteiger partial charge is 0.368 e. The molecular formula is C21H22N4O5. The minimum Gasteiger partial charge on any atom is -0.368 e. The van der Waals surface area contributed by atoms with Gasteiger partial charge in [0.2, 0.25) is 17.7 Å². The number of allylic oxidation sites excluding steroid dienone is 2. The maximum Gasteiger partial charge on any atom is 0.294 e. The predicted octanol–water partition coefficient (Wildman–Crippen LogP) is 1.99. The number of imide groups is 1. The van der Waals surface area contributed by atoms with Crippen molar-refractivity contribution in [1.82, 2.24) is 5.32 Å². The Morgan fingerprint density at radius 3 is 2.43 bits per heavy atom. The van der Waals surface area contributed by atoms with Crippen molar-refractivity contribution in [2.24, 2.45) is 23.7 Å². The Morgan fingerprint density at radius 2 is 1.77 bits per heavy atom. The van der Waals surface area contributed by atoms with Crippen molar-refractivity contribution in [2.45, 2.75) is 31.7 Å². The van der Waals surface area contributed by atoms with Crippen molar-refractivity contribution < 1.29 is 19.3 Å². The Balaban J connectivity index is 1.44. The number of carbonyl (C=O) groups is 3. The second-order valence-electron chi connectivity index (χ2n) is 8.45. The van der Waals surface area contributed by atoms with Crippen LogP contribution in [0.25, 0.3) is 0 Å². The Bertz CT molecular complexity index is 960. The third-order valence-electron chi connectivity index (χ3n) is 6.77. The Kier molecular flexibility index (Phi) is 4.34. The van der Waals surface area contributed by atoms with Crippen LogP contribution in [0.2, 0.25) is 0 Å². The van der Waals surface area contributed by atoms with E-state index >= 15 is 0 Å². The number of fused-ring (bicyclic) bond motifs is 5. The Morgan fingerprint density at radius 1 is 1.07 bits per heavy atom. The molecule has 2 aliphatic carbocycles. The summed E-state index contributed by atoms with van der Waals surface area (Å²) in [4.78, 5) is 50.4. The summed E-state index contributed by atoms with van der Waals surface area (Å²) in [5.41, 5.74) is 0.150. The fourth-order valence-electron chi connectivity index (χ4n) is 5.35. The highest BCUT2D eigenvalue weighted by molar-refractivity contribution is 6.23. The van der Waals surface area contributed by atoms with Crippen molar-refractivity contribution in [3.63, 3.8) is 0 Å². The van der Waals surface area contributed by atoms with E-state index in [2.05, 4.69) is 10.6 Å². The first-order valence-electron chi connectivity index (χ1n) is 10.3. The molecule has 0 aromatic heterocycles. The van der Waals surface area contributed by atoms with Crippen LogP contribution in [-0.2, 0) is 14.4 Å². The van der Waals surface area contributed by atoms with E-state index < -0.39 is 11.0 Å². The lowest BCUT2D eigenvalue weighted by molar-refractivity contribution is -0.383. The smallest absolute Gasteiger partial charge is 0.294 e. The van der Waals surface area contributed by atoms with Crippen LogP contribution in [0.1, 0.15) is 25.7 Å². The molecule has 5 rings (SSSR count). The van der Waals surface area contributed by atoms with Gasteiger partial charge < -0.3 is 10.6 Å². The zero-order chi connectivity index (χ0) is 21.0. The summed E-state index contributed by atoms with van der Waals surface area (Å²) in [7, 11) is 0. The van der Waals surface area contributed by atoms with E-state index in [1.807, 2.05) is 12.2 Å². The number of amides is 3. The third kappa shape index (κ3) is 2.79. The zero-order valence-corrected chi connectivity index (χ0v) is 16.2. The maximum absolute atomic E-state index is 13.0. The maximum atomic E-state index is 13.0. The Hall–Kier alpha value is -3.23. The van der Waals surface area contributed by atoms with Gasteiger partial charge in [0.05, 0.1) is 22.4 Å². The molecule has 2 N–H and O–H groups in total. The zero-order valence-electron chi connectivity index (χ0n) is 16.2. The van der Waals surface area contributed by atoms with Gasteiger partial charge >= 0.3 is 0 Å². The number of rotatable bonds is 4. The van der Waals surface area contributed by atoms with Crippen molar-refractivity contribution in [2.75, 3.05) is 16.8 Å². The van der Waals surface area contributed by atoms with Crippen LogP contribution in [0, 0.1) is 33.8 Å². The summed E-state index contributed by atoms with van der Waals surface area (Å²) >= 11 is 0. The molecule has 4 aliphatic rings. The average molecular weight is 410 g/mol. The first-order valence-corrected chi connectivity index (χ1v) is 10.3. The molecule has 2 bridgehead atoms. The van der Waals surface area contributed by atoms with Gasteiger partial charge in [-0.25, -0.2) is 4.90 Å². The lowest BCUT2D eigenvalue weighted by Gasteiger charge is -2.20. The number of nitro benzene ring substituents is 1. The van der Waals surface area contributed by atoms with Gasteiger partial charge in [0.1, 0.15) is 11.7 Å². The summed E-state index contributed by atoms with van der Waals surface area (Å²) in [5.74, 6) is -1.32. The van der Waals surface area contributed by atoms with Crippen LogP contribution in [0.4, 0.5) is 17.1 Å². The molecule has 0 unspecified atom stereocenters. The highest BCUT2D eigenvalue weighted by atomic mass is 16.6. The van der Waals surface area contributed by atoms with Gasteiger partial charge in [-0.1, -0.05) is 12.2 Å². The van der Waals surface area contributed by atoms with Crippen molar-refractivity contribution in [3.05, 3.63) is 40.5 Å². The molecule has 30 heavy (non-hydrogen) atoms. The van der Waals surface area contributed by atoms with Gasteiger partial charge in [-0.3, -0.25) is 24.5 Å². The van der Waals surface area contributed by atoms with E-state index in [9.17, 15) is 24.5 Å². The van der Waals surface area contributed by atoms with Crippen LogP contribution >= 0.6 is 0 Å². The SMILES string of the molecule is O=C1NCCCC[C@H]1Nc1ccc(N2C(=O)[C@@H]3[C@H](C2=O)[C@@H]2C=C[C@H]3C2)cc1[N+](=O)[O-]. The molecule has 1 aromatic carbocycles. The highest BCUT2D eigenvalue weighted by Crippen LogP contribution is 2.53. The lowest BCUT2D eigenvalue weighted by Crippen LogP contribution is -2.38. The molecule has 3 amide bonds. The predicted molar refractivity (Wildman–Crippen MR) is 108 cm³/mol.